The Morgan fingerprint density at radius 1 is 1.23 bits per heavy atom. The Balaban J connectivity index is 1.45. The number of pyridine rings is 1. The summed E-state index contributed by atoms with van der Waals surface area (Å²) in [6.07, 6.45) is 9.62. The first-order valence-corrected chi connectivity index (χ1v) is 11.0. The summed E-state index contributed by atoms with van der Waals surface area (Å²) in [5.74, 6) is 0.574. The van der Waals surface area contributed by atoms with Crippen molar-refractivity contribution in [2.45, 2.75) is 37.8 Å². The zero-order valence-electron chi connectivity index (χ0n) is 17.3. The minimum Gasteiger partial charge on any atom is -0.382 e. The molecule has 1 saturated carbocycles. The van der Waals surface area contributed by atoms with E-state index in [0.29, 0.717) is 24.7 Å². The number of amides is 1. The smallest absolute Gasteiger partial charge is 0.270 e. The van der Waals surface area contributed by atoms with Crippen LogP contribution in [0.3, 0.4) is 0 Å². The lowest BCUT2D eigenvalue weighted by Crippen LogP contribution is -2.39. The molecule has 0 atom stereocenters. The summed E-state index contributed by atoms with van der Waals surface area (Å²) in [5, 5.41) is 3.16. The minimum atomic E-state index is -0.140. The molecule has 3 heterocycles. The molecule has 1 aliphatic rings. The van der Waals surface area contributed by atoms with Crippen LogP contribution in [0.25, 0.3) is 16.3 Å². The van der Waals surface area contributed by atoms with E-state index in [1.165, 1.54) is 0 Å². The Morgan fingerprint density at radius 3 is 2.70 bits per heavy atom. The number of carbonyl (C=O) groups excluding carboxylic acids is 1. The van der Waals surface area contributed by atoms with Crippen molar-refractivity contribution in [1.82, 2.24) is 24.6 Å². The van der Waals surface area contributed by atoms with Gasteiger partial charge in [-0.2, -0.15) is 0 Å². The summed E-state index contributed by atoms with van der Waals surface area (Å²) in [6.45, 7) is 1.23. The Kier molecular flexibility index (Phi) is 6.61. The monoisotopic (exact) mass is 429 g/mol. The maximum atomic E-state index is 13.0. The molecule has 0 aliphatic heterocycles. The van der Waals surface area contributed by atoms with Gasteiger partial charge in [0.05, 0.1) is 29.7 Å². The second-order valence-corrected chi connectivity index (χ2v) is 8.38. The third-order valence-electron chi connectivity index (χ3n) is 5.41. The van der Waals surface area contributed by atoms with Crippen molar-refractivity contribution in [2.75, 3.05) is 20.3 Å². The van der Waals surface area contributed by atoms with Crippen LogP contribution < -0.4 is 5.32 Å². The highest BCUT2D eigenvalue weighted by Crippen LogP contribution is 2.26. The van der Waals surface area contributed by atoms with E-state index in [0.717, 1.165) is 36.1 Å². The van der Waals surface area contributed by atoms with Crippen molar-refractivity contribution in [2.24, 2.45) is 7.05 Å². The third kappa shape index (κ3) is 4.80. The Bertz CT molecular complexity index is 957. The van der Waals surface area contributed by atoms with Gasteiger partial charge in [0.1, 0.15) is 5.69 Å². The van der Waals surface area contributed by atoms with Crippen molar-refractivity contribution < 1.29 is 14.3 Å². The summed E-state index contributed by atoms with van der Waals surface area (Å²) in [5.41, 5.74) is 3.15. The van der Waals surface area contributed by atoms with E-state index in [4.69, 9.17) is 9.47 Å². The summed E-state index contributed by atoms with van der Waals surface area (Å²) in [4.78, 5) is 22.8. The van der Waals surface area contributed by atoms with Crippen molar-refractivity contribution in [3.8, 4) is 16.3 Å². The number of rotatable bonds is 8. The van der Waals surface area contributed by atoms with Gasteiger partial charge in [0.25, 0.3) is 5.91 Å². The van der Waals surface area contributed by atoms with Crippen LogP contribution in [0.15, 0.2) is 36.2 Å². The fraction of sp³-hybridized carbons (Fsp3) is 0.476. The Morgan fingerprint density at radius 2 is 2.07 bits per heavy atom. The number of thiazole rings is 1. The summed E-state index contributed by atoms with van der Waals surface area (Å²) < 4.78 is 14.7. The van der Waals surface area contributed by atoms with E-state index < -0.39 is 0 Å². The predicted molar refractivity (Wildman–Crippen MR) is 115 cm³/mol. The molecule has 160 valence electrons. The van der Waals surface area contributed by atoms with Crippen LogP contribution in [0.1, 0.15) is 36.2 Å². The molecular weight excluding hydrogens is 402 g/mol. The molecule has 0 bridgehead atoms. The number of ether oxygens (including phenoxy) is 2. The number of aryl methyl sites for hydroxylation is 1. The molecule has 0 unspecified atom stereocenters. The quantitative estimate of drug-likeness (QED) is 0.557. The highest BCUT2D eigenvalue weighted by molar-refractivity contribution is 7.13. The van der Waals surface area contributed by atoms with Crippen molar-refractivity contribution >= 4 is 17.2 Å². The fourth-order valence-electron chi connectivity index (χ4n) is 3.69. The van der Waals surface area contributed by atoms with Gasteiger partial charge in [-0.25, -0.2) is 9.67 Å². The number of hydrogen-bond donors (Lipinski definition) is 1. The normalized spacial score (nSPS) is 19.1. The predicted octanol–water partition coefficient (Wildman–Crippen LogP) is 3.04. The maximum Gasteiger partial charge on any atom is 0.270 e. The van der Waals surface area contributed by atoms with E-state index in [1.54, 1.807) is 24.0 Å². The molecule has 1 amide bonds. The zero-order chi connectivity index (χ0) is 20.9. The molecule has 0 spiro atoms. The number of nitrogens with zero attached hydrogens (tertiary/aromatic N) is 4. The van der Waals surface area contributed by atoms with E-state index in [1.807, 2.05) is 47.1 Å². The van der Waals surface area contributed by atoms with Crippen LogP contribution in [0.4, 0.5) is 0 Å². The van der Waals surface area contributed by atoms with Crippen LogP contribution in [0.5, 0.6) is 0 Å². The minimum absolute atomic E-state index is 0.140. The van der Waals surface area contributed by atoms with Crippen LogP contribution in [0, 0.1) is 0 Å². The molecule has 1 fully saturated rings. The number of carbonyl (C=O) groups is 1. The van der Waals surface area contributed by atoms with Gasteiger partial charge >= 0.3 is 0 Å². The van der Waals surface area contributed by atoms with Gasteiger partial charge in [0, 0.05) is 38.8 Å². The van der Waals surface area contributed by atoms with Gasteiger partial charge in [-0.3, -0.25) is 14.5 Å². The average molecular weight is 430 g/mol. The fourth-order valence-corrected chi connectivity index (χ4v) is 4.30. The molecular formula is C21H27N5O3S. The van der Waals surface area contributed by atoms with E-state index in [-0.39, 0.29) is 18.1 Å². The molecule has 4 rings (SSSR count). The first-order valence-electron chi connectivity index (χ1n) is 10.2. The molecule has 30 heavy (non-hydrogen) atoms. The van der Waals surface area contributed by atoms with E-state index in [9.17, 15) is 4.79 Å². The molecule has 0 saturated heterocycles. The largest absolute Gasteiger partial charge is 0.382 e. The van der Waals surface area contributed by atoms with E-state index in [2.05, 4.69) is 15.3 Å². The second-order valence-electron chi connectivity index (χ2n) is 7.49. The van der Waals surface area contributed by atoms with Gasteiger partial charge in [-0.15, -0.1) is 11.3 Å². The lowest BCUT2D eigenvalue weighted by molar-refractivity contribution is -0.00409. The number of hydrogen-bond acceptors (Lipinski definition) is 6. The zero-order valence-corrected chi connectivity index (χ0v) is 18.1. The lowest BCUT2D eigenvalue weighted by Gasteiger charge is -2.29. The van der Waals surface area contributed by atoms with Crippen LogP contribution in [-0.2, 0) is 16.5 Å². The molecule has 0 radical (unpaired) electrons. The van der Waals surface area contributed by atoms with Crippen LogP contribution in [0.2, 0.25) is 0 Å². The molecule has 0 aromatic carbocycles. The van der Waals surface area contributed by atoms with Crippen molar-refractivity contribution in [3.63, 3.8) is 0 Å². The first-order chi connectivity index (χ1) is 14.6. The number of aromatic nitrogens is 4. The van der Waals surface area contributed by atoms with Crippen molar-refractivity contribution in [1.29, 1.82) is 0 Å². The number of methoxy groups -OCH3 is 1. The Labute approximate surface area is 179 Å². The molecule has 3 aromatic heterocycles. The van der Waals surface area contributed by atoms with Gasteiger partial charge in [-0.1, -0.05) is 0 Å². The highest BCUT2D eigenvalue weighted by atomic mass is 32.1. The van der Waals surface area contributed by atoms with Gasteiger partial charge in [-0.05, 0) is 43.4 Å². The molecule has 1 aliphatic carbocycles. The van der Waals surface area contributed by atoms with Crippen LogP contribution in [-0.4, -0.2) is 57.7 Å². The van der Waals surface area contributed by atoms with Crippen LogP contribution >= 0.6 is 11.3 Å². The topological polar surface area (TPSA) is 83.2 Å². The summed E-state index contributed by atoms with van der Waals surface area (Å²) in [7, 11) is 3.61. The lowest BCUT2D eigenvalue weighted by atomic mass is 9.93. The summed E-state index contributed by atoms with van der Waals surface area (Å²) in [6, 6.07) is 3.96. The SMILES string of the molecule is COCCOC1CCC(NC(=O)c2cc(-c3cncs3)cc(-n3ccn3C)n2)CC1. The molecule has 8 nitrogen and oxygen atoms in total. The Hall–Kier alpha value is -2.49. The standard InChI is InChI=1S/C21H27N5O3S/c1-25-7-8-26(25)20-12-15(19-13-22-14-30-19)11-18(24-20)21(27)23-16-3-5-17(6-4-16)29-10-9-28-2/h7-8,11-14,16-17H,3-6,9-10H2,1-2H3,(H,23,27). The average Bonchev–Trinajstić information content (AvgIpc) is 3.29. The second kappa shape index (κ2) is 9.55. The van der Waals surface area contributed by atoms with Gasteiger partial charge in [0.2, 0.25) is 0 Å². The third-order valence-corrected chi connectivity index (χ3v) is 6.23. The van der Waals surface area contributed by atoms with Gasteiger partial charge < -0.3 is 14.8 Å². The highest BCUT2D eigenvalue weighted by Gasteiger charge is 2.24. The summed E-state index contributed by atoms with van der Waals surface area (Å²) >= 11 is 1.54. The van der Waals surface area contributed by atoms with E-state index >= 15 is 0 Å². The van der Waals surface area contributed by atoms with Crippen molar-refractivity contribution in [3.05, 3.63) is 41.9 Å². The molecule has 1 N–H and O–H groups in total. The first kappa shape index (κ1) is 20.8. The molecule has 9 heteroatoms. The number of nitrogens with one attached hydrogen (secondary N) is 1. The molecule has 3 aromatic rings. The maximum absolute atomic E-state index is 13.0. The van der Waals surface area contributed by atoms with Gasteiger partial charge in [0.15, 0.2) is 5.82 Å².